The summed E-state index contributed by atoms with van der Waals surface area (Å²) in [4.78, 5) is 8.50. The first-order valence-electron chi connectivity index (χ1n) is 8.51. The average molecular weight is 374 g/mol. The number of aryl methyl sites for hydroxylation is 2. The molecule has 136 valence electrons. The quantitative estimate of drug-likeness (QED) is 0.737. The van der Waals surface area contributed by atoms with Crippen LogP contribution in [0.5, 0.6) is 0 Å². The van der Waals surface area contributed by atoms with E-state index in [2.05, 4.69) is 9.97 Å². The van der Waals surface area contributed by atoms with Gasteiger partial charge in [0.15, 0.2) is 6.23 Å². The van der Waals surface area contributed by atoms with Crippen molar-refractivity contribution in [3.8, 4) is 0 Å². The summed E-state index contributed by atoms with van der Waals surface area (Å²) in [5.74, 6) is 0. The van der Waals surface area contributed by atoms with E-state index in [-0.39, 0.29) is 0 Å². The maximum Gasteiger partial charge on any atom is 0.161 e. The van der Waals surface area contributed by atoms with E-state index in [1.807, 2.05) is 38.2 Å². The molecule has 0 aliphatic carbocycles. The van der Waals surface area contributed by atoms with E-state index in [1.165, 1.54) is 6.33 Å². The van der Waals surface area contributed by atoms with E-state index in [4.69, 9.17) is 16.3 Å². The van der Waals surface area contributed by atoms with E-state index in [1.54, 1.807) is 10.6 Å². The average Bonchev–Trinajstić information content (AvgIpc) is 3.21. The Balaban J connectivity index is 1.61. The molecule has 2 aromatic heterocycles. The minimum absolute atomic E-state index is 0.321. The highest BCUT2D eigenvalue weighted by Crippen LogP contribution is 2.37. The Kier molecular flexibility index (Phi) is 4.44. The number of halogens is 1. The zero-order chi connectivity index (χ0) is 18.4. The van der Waals surface area contributed by atoms with Crippen LogP contribution in [0.15, 0.2) is 36.8 Å². The van der Waals surface area contributed by atoms with Crippen molar-refractivity contribution in [3.05, 3.63) is 58.6 Å². The summed E-state index contributed by atoms with van der Waals surface area (Å²) in [5, 5.41) is 22.7. The maximum absolute atomic E-state index is 10.7. The molecule has 3 aromatic rings. The minimum atomic E-state index is -0.870. The number of aromatic nitrogens is 3. The normalized spacial score (nSPS) is 24.3. The summed E-state index contributed by atoms with van der Waals surface area (Å²) >= 11 is 6.16. The van der Waals surface area contributed by atoms with Crippen molar-refractivity contribution in [1.82, 2.24) is 14.5 Å². The summed E-state index contributed by atoms with van der Waals surface area (Å²) in [6, 6.07) is 7.34. The number of benzene rings is 1. The lowest BCUT2D eigenvalue weighted by Gasteiger charge is -2.21. The molecular weight excluding hydrogens is 354 g/mol. The molecule has 2 N–H and O–H groups in total. The lowest BCUT2D eigenvalue weighted by molar-refractivity contribution is -0.0750. The number of nitrogens with zero attached hydrogens (tertiary/aromatic N) is 3. The summed E-state index contributed by atoms with van der Waals surface area (Å²) < 4.78 is 7.81. The molecule has 0 amide bonds. The molecule has 7 heteroatoms. The molecule has 1 aliphatic heterocycles. The molecular formula is C19H20ClN3O3. The van der Waals surface area contributed by atoms with Crippen molar-refractivity contribution < 1.29 is 14.9 Å². The van der Waals surface area contributed by atoms with E-state index >= 15 is 0 Å². The third kappa shape index (κ3) is 2.89. The first-order chi connectivity index (χ1) is 12.5. The van der Waals surface area contributed by atoms with Crippen molar-refractivity contribution in [2.24, 2.45) is 0 Å². The van der Waals surface area contributed by atoms with Gasteiger partial charge < -0.3 is 19.5 Å². The van der Waals surface area contributed by atoms with Gasteiger partial charge in [-0.2, -0.15) is 0 Å². The van der Waals surface area contributed by atoms with E-state index in [0.29, 0.717) is 22.7 Å². The number of aliphatic hydroxyl groups is 2. The van der Waals surface area contributed by atoms with Gasteiger partial charge in [0.1, 0.15) is 24.2 Å². The third-order valence-corrected chi connectivity index (χ3v) is 5.40. The van der Waals surface area contributed by atoms with Crippen LogP contribution in [0.1, 0.15) is 35.6 Å². The molecule has 0 bridgehead atoms. The molecule has 4 rings (SSSR count). The second kappa shape index (κ2) is 6.63. The third-order valence-electron chi connectivity index (χ3n) is 4.99. The molecule has 4 atom stereocenters. The van der Waals surface area contributed by atoms with Crippen LogP contribution < -0.4 is 0 Å². The van der Waals surface area contributed by atoms with E-state index < -0.39 is 24.5 Å². The fraction of sp³-hybridized carbons (Fsp3) is 0.368. The van der Waals surface area contributed by atoms with Crippen molar-refractivity contribution in [2.45, 2.75) is 44.8 Å². The van der Waals surface area contributed by atoms with Gasteiger partial charge in [-0.25, -0.2) is 9.97 Å². The summed E-state index contributed by atoms with van der Waals surface area (Å²) in [5.41, 5.74) is 3.19. The Morgan fingerprint density at radius 1 is 1.27 bits per heavy atom. The molecule has 1 fully saturated rings. The van der Waals surface area contributed by atoms with Gasteiger partial charge in [0.2, 0.25) is 0 Å². The van der Waals surface area contributed by atoms with Gasteiger partial charge in [-0.3, -0.25) is 0 Å². The molecule has 0 saturated carbocycles. The van der Waals surface area contributed by atoms with Crippen molar-refractivity contribution >= 4 is 22.6 Å². The highest BCUT2D eigenvalue weighted by atomic mass is 35.5. The summed E-state index contributed by atoms with van der Waals surface area (Å²) in [7, 11) is 0. The topological polar surface area (TPSA) is 80.4 Å². The van der Waals surface area contributed by atoms with Crippen LogP contribution in [-0.2, 0) is 4.74 Å². The lowest BCUT2D eigenvalue weighted by Crippen LogP contribution is -2.20. The van der Waals surface area contributed by atoms with Gasteiger partial charge >= 0.3 is 0 Å². The Hall–Kier alpha value is -1.99. The number of hydrogen-bond donors (Lipinski definition) is 2. The maximum atomic E-state index is 10.7. The highest BCUT2D eigenvalue weighted by Gasteiger charge is 2.39. The largest absolute Gasteiger partial charge is 0.388 e. The Morgan fingerprint density at radius 3 is 2.85 bits per heavy atom. The standard InChI is InChI=1S/C19H20ClN3O3/c1-10-3-4-12(7-14(10)20)17(25)16-8-15(24)19(26-16)23-6-5-13-11(2)21-9-22-18(13)23/h3-7,9,15-17,19,24-25H,8H2,1-2H3/t15-,16+,17-,19-/m1/s1. The highest BCUT2D eigenvalue weighted by molar-refractivity contribution is 6.31. The molecule has 1 aromatic carbocycles. The Morgan fingerprint density at radius 2 is 2.08 bits per heavy atom. The van der Waals surface area contributed by atoms with Crippen LogP contribution in [0, 0.1) is 13.8 Å². The second-order valence-corrected chi connectivity index (χ2v) is 7.15. The SMILES string of the molecule is Cc1ccc([C@@H](O)[C@@H]2C[C@@H](O)[C@H](n3ccc4c(C)ncnc43)O2)cc1Cl. The first-order valence-corrected chi connectivity index (χ1v) is 8.89. The molecule has 1 saturated heterocycles. The van der Waals surface area contributed by atoms with Gasteiger partial charge in [0, 0.05) is 23.0 Å². The van der Waals surface area contributed by atoms with Crippen molar-refractivity contribution in [3.63, 3.8) is 0 Å². The zero-order valence-corrected chi connectivity index (χ0v) is 15.3. The molecule has 1 aliphatic rings. The summed E-state index contributed by atoms with van der Waals surface area (Å²) in [6.07, 6.45) is 0.887. The zero-order valence-electron chi connectivity index (χ0n) is 14.5. The Bertz CT molecular complexity index is 958. The number of fused-ring (bicyclic) bond motifs is 1. The number of ether oxygens (including phenoxy) is 1. The van der Waals surface area contributed by atoms with Crippen LogP contribution in [-0.4, -0.2) is 37.0 Å². The van der Waals surface area contributed by atoms with Crippen LogP contribution in [0.3, 0.4) is 0 Å². The molecule has 0 radical (unpaired) electrons. The molecule has 6 nitrogen and oxygen atoms in total. The smallest absolute Gasteiger partial charge is 0.161 e. The van der Waals surface area contributed by atoms with Gasteiger partial charge in [-0.05, 0) is 37.1 Å². The van der Waals surface area contributed by atoms with Crippen LogP contribution in [0.25, 0.3) is 11.0 Å². The predicted molar refractivity (Wildman–Crippen MR) is 97.9 cm³/mol. The van der Waals surface area contributed by atoms with Gasteiger partial charge in [-0.1, -0.05) is 23.7 Å². The lowest BCUT2D eigenvalue weighted by atomic mass is 10.0. The number of hydrogen-bond acceptors (Lipinski definition) is 5. The molecule has 3 heterocycles. The summed E-state index contributed by atoms with van der Waals surface area (Å²) in [6.45, 7) is 3.82. The monoisotopic (exact) mass is 373 g/mol. The number of rotatable bonds is 3. The fourth-order valence-corrected chi connectivity index (χ4v) is 3.63. The van der Waals surface area contributed by atoms with Crippen molar-refractivity contribution in [2.75, 3.05) is 0 Å². The number of aliphatic hydroxyl groups excluding tert-OH is 2. The fourth-order valence-electron chi connectivity index (χ4n) is 3.44. The minimum Gasteiger partial charge on any atom is -0.388 e. The molecule has 0 unspecified atom stereocenters. The van der Waals surface area contributed by atoms with Gasteiger partial charge in [0.05, 0.1) is 11.8 Å². The van der Waals surface area contributed by atoms with Crippen LogP contribution in [0.4, 0.5) is 0 Å². The van der Waals surface area contributed by atoms with Gasteiger partial charge in [-0.15, -0.1) is 0 Å². The predicted octanol–water partition coefficient (Wildman–Crippen LogP) is 3.08. The van der Waals surface area contributed by atoms with Crippen LogP contribution in [0.2, 0.25) is 5.02 Å². The second-order valence-electron chi connectivity index (χ2n) is 6.74. The van der Waals surface area contributed by atoms with E-state index in [9.17, 15) is 10.2 Å². The Labute approximate surface area is 156 Å². The molecule has 26 heavy (non-hydrogen) atoms. The van der Waals surface area contributed by atoms with Crippen molar-refractivity contribution in [1.29, 1.82) is 0 Å². The van der Waals surface area contributed by atoms with Gasteiger partial charge in [0.25, 0.3) is 0 Å². The molecule has 0 spiro atoms. The van der Waals surface area contributed by atoms with E-state index in [0.717, 1.165) is 16.6 Å². The van der Waals surface area contributed by atoms with Crippen LogP contribution >= 0.6 is 11.6 Å². The first kappa shape index (κ1) is 17.4.